The van der Waals surface area contributed by atoms with Crippen LogP contribution in [0.1, 0.15) is 48.0 Å². The van der Waals surface area contributed by atoms with Gasteiger partial charge >= 0.3 is 0 Å². The Hall–Kier alpha value is -2.76. The van der Waals surface area contributed by atoms with Gasteiger partial charge in [0.25, 0.3) is 5.91 Å². The molecule has 3 aromatic rings. The van der Waals surface area contributed by atoms with Gasteiger partial charge in [-0.1, -0.05) is 25.3 Å². The van der Waals surface area contributed by atoms with Gasteiger partial charge in [-0.15, -0.1) is 0 Å². The molecule has 0 aliphatic heterocycles. The first-order valence-corrected chi connectivity index (χ1v) is 9.30. The number of pyridine rings is 1. The summed E-state index contributed by atoms with van der Waals surface area (Å²) in [4.78, 5) is 16.6. The Bertz CT molecular complexity index is 977. The van der Waals surface area contributed by atoms with E-state index in [1.807, 2.05) is 0 Å². The average molecular weight is 369 g/mol. The van der Waals surface area contributed by atoms with E-state index >= 15 is 0 Å². The monoisotopic (exact) mass is 369 g/mol. The number of hydrogen-bond acceptors (Lipinski definition) is 2. The maximum absolute atomic E-state index is 14.5. The largest absolute Gasteiger partial charge is 0.349 e. The first kappa shape index (κ1) is 17.6. The highest BCUT2D eigenvalue weighted by atomic mass is 19.1. The molecule has 1 fully saturated rings. The molecule has 0 spiro atoms. The standard InChI is InChI=1S/C21H21F2N3O/c22-17-7-4-8-19-20(17)16(21(27)25-15-5-2-1-3-6-15)13-26(19)12-14-9-10-24-11-18(14)23/h4,7-11,13,15H,1-3,5-6,12H2,(H,25,27). The van der Waals surface area contributed by atoms with Crippen LogP contribution in [0.3, 0.4) is 0 Å². The molecule has 2 aromatic heterocycles. The molecule has 0 unspecified atom stereocenters. The highest BCUT2D eigenvalue weighted by Crippen LogP contribution is 2.26. The number of nitrogens with one attached hydrogen (secondary N) is 1. The van der Waals surface area contributed by atoms with Gasteiger partial charge in [0.2, 0.25) is 0 Å². The summed E-state index contributed by atoms with van der Waals surface area (Å²) in [6.45, 7) is 0.199. The Balaban J connectivity index is 1.70. The van der Waals surface area contributed by atoms with Crippen molar-refractivity contribution in [3.63, 3.8) is 0 Å². The molecule has 1 aromatic carbocycles. The minimum atomic E-state index is -0.449. The molecule has 4 nitrogen and oxygen atoms in total. The van der Waals surface area contributed by atoms with Crippen LogP contribution in [0.4, 0.5) is 8.78 Å². The van der Waals surface area contributed by atoms with Crippen LogP contribution in [0.2, 0.25) is 0 Å². The van der Waals surface area contributed by atoms with Crippen molar-refractivity contribution in [2.24, 2.45) is 0 Å². The number of halogens is 2. The smallest absolute Gasteiger partial charge is 0.253 e. The molecular weight excluding hydrogens is 348 g/mol. The van der Waals surface area contributed by atoms with Gasteiger partial charge < -0.3 is 9.88 Å². The lowest BCUT2D eigenvalue weighted by Crippen LogP contribution is -2.36. The topological polar surface area (TPSA) is 46.9 Å². The maximum Gasteiger partial charge on any atom is 0.253 e. The zero-order valence-corrected chi connectivity index (χ0v) is 14.9. The summed E-state index contributed by atoms with van der Waals surface area (Å²) in [6, 6.07) is 6.41. The number of benzene rings is 1. The maximum atomic E-state index is 14.5. The van der Waals surface area contributed by atoms with Crippen LogP contribution in [0.25, 0.3) is 10.9 Å². The van der Waals surface area contributed by atoms with Crippen LogP contribution in [0, 0.1) is 11.6 Å². The fourth-order valence-corrected chi connectivity index (χ4v) is 3.84. The summed E-state index contributed by atoms with van der Waals surface area (Å²) >= 11 is 0. The molecule has 0 radical (unpaired) electrons. The SMILES string of the molecule is O=C(NC1CCCCC1)c1cn(Cc2ccncc2F)c2cccc(F)c12. The van der Waals surface area contributed by atoms with E-state index in [1.54, 1.807) is 29.0 Å². The predicted octanol–water partition coefficient (Wildman–Crippen LogP) is 4.43. The Morgan fingerprint density at radius 2 is 1.96 bits per heavy atom. The van der Waals surface area contributed by atoms with Crippen molar-refractivity contribution < 1.29 is 13.6 Å². The Kier molecular flexibility index (Phi) is 4.88. The van der Waals surface area contributed by atoms with E-state index in [-0.39, 0.29) is 23.9 Å². The number of aromatic nitrogens is 2. The first-order valence-electron chi connectivity index (χ1n) is 9.30. The van der Waals surface area contributed by atoms with E-state index in [4.69, 9.17) is 0 Å². The van der Waals surface area contributed by atoms with Crippen molar-refractivity contribution in [3.8, 4) is 0 Å². The van der Waals surface area contributed by atoms with Crippen LogP contribution in [0.15, 0.2) is 42.9 Å². The number of hydrogen-bond donors (Lipinski definition) is 1. The second-order valence-electron chi connectivity index (χ2n) is 7.08. The number of fused-ring (bicyclic) bond motifs is 1. The molecule has 1 N–H and O–H groups in total. The Morgan fingerprint density at radius 1 is 1.15 bits per heavy atom. The summed E-state index contributed by atoms with van der Waals surface area (Å²) in [7, 11) is 0. The first-order chi connectivity index (χ1) is 13.1. The van der Waals surface area contributed by atoms with Crippen molar-refractivity contribution in [3.05, 3.63) is 65.6 Å². The number of amides is 1. The van der Waals surface area contributed by atoms with Gasteiger partial charge in [-0.2, -0.15) is 0 Å². The summed E-state index contributed by atoms with van der Waals surface area (Å²) in [5.41, 5.74) is 1.30. The van der Waals surface area contributed by atoms with Gasteiger partial charge in [0.15, 0.2) is 0 Å². The molecule has 6 heteroatoms. The second kappa shape index (κ2) is 7.47. The van der Waals surface area contributed by atoms with Gasteiger partial charge in [-0.25, -0.2) is 8.78 Å². The lowest BCUT2D eigenvalue weighted by molar-refractivity contribution is 0.0929. The Labute approximate surface area is 156 Å². The van der Waals surface area contributed by atoms with Crippen molar-refractivity contribution in [2.45, 2.75) is 44.7 Å². The van der Waals surface area contributed by atoms with Crippen molar-refractivity contribution >= 4 is 16.8 Å². The van der Waals surface area contributed by atoms with Crippen LogP contribution in [-0.2, 0) is 6.54 Å². The number of carbonyl (C=O) groups is 1. The van der Waals surface area contributed by atoms with E-state index in [2.05, 4.69) is 10.3 Å². The minimum absolute atomic E-state index is 0.133. The van der Waals surface area contributed by atoms with Gasteiger partial charge in [-0.05, 0) is 31.0 Å². The molecule has 1 aliphatic rings. The lowest BCUT2D eigenvalue weighted by Gasteiger charge is -2.22. The van der Waals surface area contributed by atoms with Crippen molar-refractivity contribution in [1.82, 2.24) is 14.9 Å². The third-order valence-electron chi connectivity index (χ3n) is 5.24. The number of rotatable bonds is 4. The molecule has 4 rings (SSSR count). The van der Waals surface area contributed by atoms with Gasteiger partial charge in [-0.3, -0.25) is 9.78 Å². The quantitative estimate of drug-likeness (QED) is 0.740. The third-order valence-corrected chi connectivity index (χ3v) is 5.24. The van der Waals surface area contributed by atoms with Crippen molar-refractivity contribution in [1.29, 1.82) is 0 Å². The van der Waals surface area contributed by atoms with E-state index < -0.39 is 11.6 Å². The van der Waals surface area contributed by atoms with Gasteiger partial charge in [0, 0.05) is 29.4 Å². The zero-order valence-electron chi connectivity index (χ0n) is 14.9. The summed E-state index contributed by atoms with van der Waals surface area (Å²) in [6.07, 6.45) is 9.58. The van der Waals surface area contributed by atoms with E-state index in [0.29, 0.717) is 16.6 Å². The van der Waals surface area contributed by atoms with Crippen molar-refractivity contribution in [2.75, 3.05) is 0 Å². The molecule has 2 heterocycles. The molecular formula is C21H21F2N3O. The summed E-state index contributed by atoms with van der Waals surface area (Å²) in [5, 5.41) is 3.32. The van der Waals surface area contributed by atoms with Gasteiger partial charge in [0.1, 0.15) is 11.6 Å². The second-order valence-corrected chi connectivity index (χ2v) is 7.08. The molecule has 0 atom stereocenters. The highest BCUT2D eigenvalue weighted by molar-refractivity contribution is 6.07. The lowest BCUT2D eigenvalue weighted by atomic mass is 9.95. The molecule has 140 valence electrons. The Morgan fingerprint density at radius 3 is 2.74 bits per heavy atom. The molecule has 1 aliphatic carbocycles. The molecule has 0 bridgehead atoms. The van der Waals surface area contributed by atoms with Gasteiger partial charge in [0.05, 0.1) is 23.8 Å². The summed E-state index contributed by atoms with van der Waals surface area (Å²) in [5.74, 6) is -1.15. The minimum Gasteiger partial charge on any atom is -0.349 e. The number of nitrogens with zero attached hydrogens (tertiary/aromatic N) is 2. The molecule has 1 saturated carbocycles. The zero-order chi connectivity index (χ0) is 18.8. The molecule has 1 amide bonds. The normalized spacial score (nSPS) is 15.2. The average Bonchev–Trinajstić information content (AvgIpc) is 3.05. The predicted molar refractivity (Wildman–Crippen MR) is 99.5 cm³/mol. The van der Waals surface area contributed by atoms with Crippen LogP contribution in [0.5, 0.6) is 0 Å². The third kappa shape index (κ3) is 3.56. The van der Waals surface area contributed by atoms with E-state index in [1.165, 1.54) is 18.7 Å². The fraction of sp³-hybridized carbons (Fsp3) is 0.333. The van der Waals surface area contributed by atoms with E-state index in [0.717, 1.165) is 31.9 Å². The van der Waals surface area contributed by atoms with Crippen LogP contribution >= 0.6 is 0 Å². The van der Waals surface area contributed by atoms with E-state index in [9.17, 15) is 13.6 Å². The summed E-state index contributed by atoms with van der Waals surface area (Å²) < 4.78 is 30.3. The molecule has 27 heavy (non-hydrogen) atoms. The molecule has 0 saturated heterocycles. The van der Waals surface area contributed by atoms with Crippen LogP contribution in [-0.4, -0.2) is 21.5 Å². The highest BCUT2D eigenvalue weighted by Gasteiger charge is 2.22. The number of carbonyl (C=O) groups excluding carboxylic acids is 1. The fourth-order valence-electron chi connectivity index (χ4n) is 3.84. The van der Waals surface area contributed by atoms with Crippen LogP contribution < -0.4 is 5.32 Å².